The number of ether oxygens (including phenoxy) is 1. The molecule has 1 aliphatic carbocycles. The molecule has 0 spiro atoms. The molecular weight excluding hydrogens is 180 g/mol. The van der Waals surface area contributed by atoms with Crippen LogP contribution in [0.2, 0.25) is 0 Å². The Bertz CT molecular complexity index is 206. The van der Waals surface area contributed by atoms with E-state index in [1.807, 2.05) is 0 Å². The summed E-state index contributed by atoms with van der Waals surface area (Å²) < 4.78 is 4.94. The fourth-order valence-corrected chi connectivity index (χ4v) is 1.79. The zero-order valence-corrected chi connectivity index (χ0v) is 7.69. The van der Waals surface area contributed by atoms with Gasteiger partial charge in [0.15, 0.2) is 5.60 Å². The molecule has 1 fully saturated rings. The average Bonchev–Trinajstić information content (AvgIpc) is 2.35. The molecule has 0 heterocycles. The van der Waals surface area contributed by atoms with Crippen molar-refractivity contribution in [3.63, 3.8) is 0 Å². The minimum Gasteiger partial charge on any atom is -0.450 e. The Hall–Kier alpha value is -0.570. The van der Waals surface area contributed by atoms with Gasteiger partial charge in [-0.2, -0.15) is 0 Å². The lowest BCUT2D eigenvalue weighted by Crippen LogP contribution is -2.37. The third-order valence-corrected chi connectivity index (χ3v) is 2.45. The van der Waals surface area contributed by atoms with Crippen molar-refractivity contribution in [2.75, 3.05) is 0 Å². The van der Waals surface area contributed by atoms with E-state index in [0.29, 0.717) is 12.8 Å². The normalized spacial score (nSPS) is 20.5. The van der Waals surface area contributed by atoms with Crippen LogP contribution in [0, 0.1) is 0 Å². The second kappa shape index (κ2) is 3.44. The zero-order chi connectivity index (χ0) is 9.19. The average molecular weight is 191 g/mol. The predicted octanol–water partition coefficient (Wildman–Crippen LogP) is 1.63. The molecule has 3 nitrogen and oxygen atoms in total. The van der Waals surface area contributed by atoms with E-state index >= 15 is 0 Å². The first kappa shape index (κ1) is 9.52. The van der Waals surface area contributed by atoms with E-state index in [2.05, 4.69) is 0 Å². The van der Waals surface area contributed by atoms with Crippen LogP contribution >= 0.6 is 11.6 Å². The molecule has 0 saturated heterocycles. The van der Waals surface area contributed by atoms with Gasteiger partial charge in [-0.05, 0) is 37.3 Å². The largest absolute Gasteiger partial charge is 0.450 e. The van der Waals surface area contributed by atoms with Gasteiger partial charge in [0, 0.05) is 6.92 Å². The SMILES string of the molecule is CC(=O)OC1(C(=O)Cl)CCCC1. The molecule has 0 amide bonds. The number of carbonyl (C=O) groups excluding carboxylic acids is 2. The lowest BCUT2D eigenvalue weighted by Gasteiger charge is -2.23. The van der Waals surface area contributed by atoms with E-state index in [1.54, 1.807) is 0 Å². The standard InChI is InChI=1S/C8H11ClO3/c1-6(10)12-8(7(9)11)4-2-3-5-8/h2-5H2,1H3. The van der Waals surface area contributed by atoms with Crippen LogP contribution in [0.3, 0.4) is 0 Å². The molecule has 0 radical (unpaired) electrons. The predicted molar refractivity (Wildman–Crippen MR) is 43.8 cm³/mol. The van der Waals surface area contributed by atoms with Crippen molar-refractivity contribution in [1.29, 1.82) is 0 Å². The summed E-state index contributed by atoms with van der Waals surface area (Å²) in [6.07, 6.45) is 2.92. The highest BCUT2D eigenvalue weighted by Crippen LogP contribution is 2.35. The molecule has 0 aromatic heterocycles. The molecule has 68 valence electrons. The Morgan fingerprint density at radius 2 is 1.83 bits per heavy atom. The first-order valence-electron chi connectivity index (χ1n) is 3.96. The van der Waals surface area contributed by atoms with E-state index in [-0.39, 0.29) is 0 Å². The third-order valence-electron chi connectivity index (χ3n) is 2.11. The van der Waals surface area contributed by atoms with Crippen molar-refractivity contribution >= 4 is 22.8 Å². The van der Waals surface area contributed by atoms with Gasteiger partial charge in [-0.15, -0.1) is 0 Å². The van der Waals surface area contributed by atoms with Crippen LogP contribution in [-0.2, 0) is 14.3 Å². The number of halogens is 1. The zero-order valence-electron chi connectivity index (χ0n) is 6.93. The minimum absolute atomic E-state index is 0.439. The molecular formula is C8H11ClO3. The van der Waals surface area contributed by atoms with Gasteiger partial charge in [-0.25, -0.2) is 0 Å². The summed E-state index contributed by atoms with van der Waals surface area (Å²) in [5.74, 6) is -0.439. The lowest BCUT2D eigenvalue weighted by molar-refractivity contribution is -0.161. The maximum Gasteiger partial charge on any atom is 0.303 e. The van der Waals surface area contributed by atoms with E-state index in [4.69, 9.17) is 16.3 Å². The van der Waals surface area contributed by atoms with Crippen LogP contribution in [-0.4, -0.2) is 16.8 Å². The van der Waals surface area contributed by atoms with Gasteiger partial charge in [-0.1, -0.05) is 0 Å². The summed E-state index contributed by atoms with van der Waals surface area (Å²) in [6, 6.07) is 0. The fraction of sp³-hybridized carbons (Fsp3) is 0.750. The van der Waals surface area contributed by atoms with Crippen LogP contribution in [0.4, 0.5) is 0 Å². The summed E-state index contributed by atoms with van der Waals surface area (Å²) in [4.78, 5) is 21.7. The molecule has 0 aromatic rings. The van der Waals surface area contributed by atoms with Crippen molar-refractivity contribution < 1.29 is 14.3 Å². The summed E-state index contributed by atoms with van der Waals surface area (Å²) in [5, 5.41) is -0.546. The minimum atomic E-state index is -1.01. The van der Waals surface area contributed by atoms with Crippen molar-refractivity contribution in [2.24, 2.45) is 0 Å². The summed E-state index contributed by atoms with van der Waals surface area (Å²) in [6.45, 7) is 1.29. The number of esters is 1. The number of hydrogen-bond donors (Lipinski definition) is 0. The highest BCUT2D eigenvalue weighted by molar-refractivity contribution is 6.65. The Labute approximate surface area is 76.0 Å². The van der Waals surface area contributed by atoms with Gasteiger partial charge in [0.25, 0.3) is 5.24 Å². The second-order valence-corrected chi connectivity index (χ2v) is 3.41. The summed E-state index contributed by atoms with van der Waals surface area (Å²) >= 11 is 5.37. The molecule has 12 heavy (non-hydrogen) atoms. The Balaban J connectivity index is 2.72. The van der Waals surface area contributed by atoms with Gasteiger partial charge < -0.3 is 4.74 Å². The number of hydrogen-bond acceptors (Lipinski definition) is 3. The van der Waals surface area contributed by atoms with Crippen LogP contribution < -0.4 is 0 Å². The van der Waals surface area contributed by atoms with Crippen molar-refractivity contribution in [3.05, 3.63) is 0 Å². The molecule has 0 atom stereocenters. The number of rotatable bonds is 2. The van der Waals surface area contributed by atoms with Gasteiger partial charge in [0.1, 0.15) is 0 Å². The maximum atomic E-state index is 11.0. The van der Waals surface area contributed by atoms with Crippen molar-refractivity contribution in [3.8, 4) is 0 Å². The van der Waals surface area contributed by atoms with E-state index < -0.39 is 16.8 Å². The molecule has 0 bridgehead atoms. The van der Waals surface area contributed by atoms with Crippen LogP contribution in [0.1, 0.15) is 32.6 Å². The van der Waals surface area contributed by atoms with Crippen molar-refractivity contribution in [1.82, 2.24) is 0 Å². The van der Waals surface area contributed by atoms with Gasteiger partial charge in [-0.3, -0.25) is 9.59 Å². The highest BCUT2D eigenvalue weighted by atomic mass is 35.5. The Kier molecular flexibility index (Phi) is 2.73. The van der Waals surface area contributed by atoms with Gasteiger partial charge >= 0.3 is 5.97 Å². The summed E-state index contributed by atoms with van der Waals surface area (Å²) in [7, 11) is 0. The van der Waals surface area contributed by atoms with E-state index in [9.17, 15) is 9.59 Å². The molecule has 4 heteroatoms. The molecule has 0 N–H and O–H groups in total. The molecule has 1 saturated carbocycles. The maximum absolute atomic E-state index is 11.0. The smallest absolute Gasteiger partial charge is 0.303 e. The molecule has 0 unspecified atom stereocenters. The van der Waals surface area contributed by atoms with Crippen LogP contribution in [0.5, 0.6) is 0 Å². The van der Waals surface area contributed by atoms with Gasteiger partial charge in [0.2, 0.25) is 0 Å². The van der Waals surface area contributed by atoms with E-state index in [1.165, 1.54) is 6.92 Å². The third kappa shape index (κ3) is 1.78. The topological polar surface area (TPSA) is 43.4 Å². The number of carbonyl (C=O) groups is 2. The van der Waals surface area contributed by atoms with E-state index in [0.717, 1.165) is 12.8 Å². The van der Waals surface area contributed by atoms with Crippen molar-refractivity contribution in [2.45, 2.75) is 38.2 Å². The lowest BCUT2D eigenvalue weighted by atomic mass is 10.0. The second-order valence-electron chi connectivity index (χ2n) is 3.07. The first-order chi connectivity index (χ1) is 5.57. The Morgan fingerprint density at radius 3 is 2.17 bits per heavy atom. The Morgan fingerprint density at radius 1 is 1.33 bits per heavy atom. The fourth-order valence-electron chi connectivity index (χ4n) is 1.56. The molecule has 1 rings (SSSR count). The summed E-state index contributed by atoms with van der Waals surface area (Å²) in [5.41, 5.74) is -1.01. The monoisotopic (exact) mass is 190 g/mol. The molecule has 0 aliphatic heterocycles. The van der Waals surface area contributed by atoms with Crippen LogP contribution in [0.15, 0.2) is 0 Å². The molecule has 0 aromatic carbocycles. The highest BCUT2D eigenvalue weighted by Gasteiger charge is 2.43. The first-order valence-corrected chi connectivity index (χ1v) is 4.34. The molecule has 1 aliphatic rings. The van der Waals surface area contributed by atoms with Crippen LogP contribution in [0.25, 0.3) is 0 Å². The quantitative estimate of drug-likeness (QED) is 0.491. The van der Waals surface area contributed by atoms with Gasteiger partial charge in [0.05, 0.1) is 0 Å².